The molecule has 0 unspecified atom stereocenters. The van der Waals surface area contributed by atoms with Crippen LogP contribution >= 0.6 is 11.3 Å². The van der Waals surface area contributed by atoms with Gasteiger partial charge in [-0.3, -0.25) is 4.79 Å². The van der Waals surface area contributed by atoms with E-state index in [-0.39, 0.29) is 5.91 Å². The molecule has 102 valence electrons. The summed E-state index contributed by atoms with van der Waals surface area (Å²) in [5.74, 6) is 5.60. The molecular formula is C16H16N2OS. The van der Waals surface area contributed by atoms with Crippen molar-refractivity contribution in [3.63, 3.8) is 0 Å². The van der Waals surface area contributed by atoms with Gasteiger partial charge in [-0.05, 0) is 37.6 Å². The lowest BCUT2D eigenvalue weighted by Gasteiger charge is -2.07. The highest BCUT2D eigenvalue weighted by molar-refractivity contribution is 7.14. The molecule has 0 fully saturated rings. The lowest BCUT2D eigenvalue weighted by Crippen LogP contribution is -2.11. The van der Waals surface area contributed by atoms with E-state index in [4.69, 9.17) is 5.73 Å². The highest BCUT2D eigenvalue weighted by atomic mass is 32.1. The molecule has 0 bridgehead atoms. The Balaban J connectivity index is 2.13. The van der Waals surface area contributed by atoms with Crippen LogP contribution in [0.25, 0.3) is 0 Å². The van der Waals surface area contributed by atoms with Crippen LogP contribution in [0.1, 0.15) is 25.7 Å². The summed E-state index contributed by atoms with van der Waals surface area (Å²) in [6.45, 7) is 4.33. The number of nitrogens with one attached hydrogen (secondary N) is 1. The van der Waals surface area contributed by atoms with Gasteiger partial charge in [-0.25, -0.2) is 0 Å². The van der Waals surface area contributed by atoms with E-state index in [0.29, 0.717) is 11.4 Å². The fraction of sp³-hybridized carbons (Fsp3) is 0.188. The summed E-state index contributed by atoms with van der Waals surface area (Å²) in [5, 5.41) is 2.92. The van der Waals surface area contributed by atoms with Crippen molar-refractivity contribution in [2.75, 3.05) is 11.9 Å². The third kappa shape index (κ3) is 3.47. The molecule has 3 N–H and O–H groups in total. The van der Waals surface area contributed by atoms with Crippen LogP contribution in [0.2, 0.25) is 0 Å². The molecule has 0 aliphatic heterocycles. The van der Waals surface area contributed by atoms with Crippen molar-refractivity contribution in [1.29, 1.82) is 0 Å². The van der Waals surface area contributed by atoms with Crippen molar-refractivity contribution in [2.45, 2.75) is 13.8 Å². The van der Waals surface area contributed by atoms with Gasteiger partial charge >= 0.3 is 0 Å². The number of carbonyl (C=O) groups is 1. The summed E-state index contributed by atoms with van der Waals surface area (Å²) in [6.07, 6.45) is 0. The molecule has 0 atom stereocenters. The summed E-state index contributed by atoms with van der Waals surface area (Å²) >= 11 is 1.37. The molecule has 1 aromatic carbocycles. The van der Waals surface area contributed by atoms with E-state index in [0.717, 1.165) is 16.1 Å². The van der Waals surface area contributed by atoms with Gasteiger partial charge in [-0.15, -0.1) is 11.3 Å². The van der Waals surface area contributed by atoms with Gasteiger partial charge in [-0.1, -0.05) is 29.5 Å². The second kappa shape index (κ2) is 6.38. The maximum absolute atomic E-state index is 12.2. The number of nitrogens with two attached hydrogens (primary N) is 1. The first-order chi connectivity index (χ1) is 9.60. The van der Waals surface area contributed by atoms with Gasteiger partial charge in [0.2, 0.25) is 0 Å². The van der Waals surface area contributed by atoms with Crippen molar-refractivity contribution in [3.8, 4) is 11.8 Å². The van der Waals surface area contributed by atoms with Crippen molar-refractivity contribution in [1.82, 2.24) is 0 Å². The molecule has 2 rings (SSSR count). The molecule has 2 aromatic rings. The minimum absolute atomic E-state index is 0.109. The zero-order valence-electron chi connectivity index (χ0n) is 11.5. The monoisotopic (exact) mass is 284 g/mol. The molecule has 3 nitrogen and oxygen atoms in total. The van der Waals surface area contributed by atoms with Gasteiger partial charge < -0.3 is 11.1 Å². The Labute approximate surface area is 122 Å². The number of thiophene rings is 1. The fourth-order valence-corrected chi connectivity index (χ4v) is 2.58. The second-order valence-corrected chi connectivity index (χ2v) is 5.53. The van der Waals surface area contributed by atoms with Crippen LogP contribution in [-0.4, -0.2) is 12.5 Å². The zero-order valence-corrected chi connectivity index (χ0v) is 12.3. The molecule has 0 spiro atoms. The largest absolute Gasteiger partial charge is 0.321 e. The van der Waals surface area contributed by atoms with Gasteiger partial charge in [0.15, 0.2) is 0 Å². The minimum Gasteiger partial charge on any atom is -0.321 e. The molecule has 1 heterocycles. The highest BCUT2D eigenvalue weighted by Gasteiger charge is 2.10. The van der Waals surface area contributed by atoms with E-state index in [2.05, 4.69) is 17.2 Å². The number of benzene rings is 1. The molecule has 0 saturated heterocycles. The Kier molecular flexibility index (Phi) is 4.57. The first-order valence-corrected chi connectivity index (χ1v) is 7.09. The van der Waals surface area contributed by atoms with Crippen molar-refractivity contribution < 1.29 is 4.79 Å². The fourth-order valence-electron chi connectivity index (χ4n) is 1.80. The lowest BCUT2D eigenvalue weighted by atomic mass is 10.1. The van der Waals surface area contributed by atoms with Crippen LogP contribution in [0.4, 0.5) is 5.69 Å². The zero-order chi connectivity index (χ0) is 14.5. The van der Waals surface area contributed by atoms with Crippen molar-refractivity contribution in [3.05, 3.63) is 51.2 Å². The molecule has 4 heteroatoms. The smallest absolute Gasteiger partial charge is 0.265 e. The number of anilines is 1. The number of aryl methyl sites for hydroxylation is 2. The summed E-state index contributed by atoms with van der Waals surface area (Å²) in [4.78, 5) is 13.7. The third-order valence-corrected chi connectivity index (χ3v) is 3.77. The quantitative estimate of drug-likeness (QED) is 0.833. The van der Waals surface area contributed by atoms with Crippen LogP contribution in [-0.2, 0) is 0 Å². The van der Waals surface area contributed by atoms with Crippen LogP contribution < -0.4 is 11.1 Å². The average molecular weight is 284 g/mol. The maximum Gasteiger partial charge on any atom is 0.265 e. The number of hydrogen-bond donors (Lipinski definition) is 2. The van der Waals surface area contributed by atoms with E-state index in [1.165, 1.54) is 16.9 Å². The summed E-state index contributed by atoms with van der Waals surface area (Å²) in [7, 11) is 0. The van der Waals surface area contributed by atoms with Gasteiger partial charge in [0, 0.05) is 5.69 Å². The van der Waals surface area contributed by atoms with E-state index < -0.39 is 0 Å². The Bertz CT molecular complexity index is 692. The maximum atomic E-state index is 12.2. The molecule has 0 saturated carbocycles. The number of carbonyl (C=O) groups excluding carboxylic acids is 1. The number of amides is 1. The van der Waals surface area contributed by atoms with Crippen molar-refractivity contribution in [2.24, 2.45) is 5.73 Å². The molecule has 0 aliphatic carbocycles. The topological polar surface area (TPSA) is 55.1 Å². The third-order valence-electron chi connectivity index (χ3n) is 2.77. The van der Waals surface area contributed by atoms with E-state index >= 15 is 0 Å². The summed E-state index contributed by atoms with van der Waals surface area (Å²) < 4.78 is 0. The summed E-state index contributed by atoms with van der Waals surface area (Å²) in [6, 6.07) is 9.57. The van der Waals surface area contributed by atoms with Crippen LogP contribution in [0, 0.1) is 25.7 Å². The Morgan fingerprint density at radius 2 is 2.10 bits per heavy atom. The summed E-state index contributed by atoms with van der Waals surface area (Å²) in [5.41, 5.74) is 8.39. The molecular weight excluding hydrogens is 268 g/mol. The Hall–Kier alpha value is -2.09. The molecule has 20 heavy (non-hydrogen) atoms. The average Bonchev–Trinajstić information content (AvgIpc) is 2.88. The first kappa shape index (κ1) is 14.3. The SMILES string of the molecule is Cc1ccc(NC(=O)c2ccc(C#CCN)s2)c(C)c1. The van der Waals surface area contributed by atoms with Gasteiger partial charge in [0.05, 0.1) is 16.3 Å². The van der Waals surface area contributed by atoms with Crippen LogP contribution in [0.3, 0.4) is 0 Å². The molecule has 0 aliphatic rings. The first-order valence-electron chi connectivity index (χ1n) is 6.27. The van der Waals surface area contributed by atoms with E-state index in [9.17, 15) is 4.79 Å². The highest BCUT2D eigenvalue weighted by Crippen LogP contribution is 2.20. The van der Waals surface area contributed by atoms with Crippen LogP contribution in [0.5, 0.6) is 0 Å². The Morgan fingerprint density at radius 1 is 1.30 bits per heavy atom. The van der Waals surface area contributed by atoms with Gasteiger partial charge in [0.1, 0.15) is 0 Å². The molecule has 1 amide bonds. The molecule has 0 radical (unpaired) electrons. The predicted molar refractivity (Wildman–Crippen MR) is 84.1 cm³/mol. The van der Waals surface area contributed by atoms with Crippen LogP contribution in [0.15, 0.2) is 30.3 Å². The normalized spacial score (nSPS) is 9.75. The standard InChI is InChI=1S/C16H16N2OS/c1-11-5-7-14(12(2)10-11)18-16(19)15-8-6-13(20-15)4-3-9-17/h5-8,10H,9,17H2,1-2H3,(H,18,19). The van der Waals surface area contributed by atoms with E-state index in [1.807, 2.05) is 38.1 Å². The number of rotatable bonds is 2. The van der Waals surface area contributed by atoms with Gasteiger partial charge in [-0.2, -0.15) is 0 Å². The Morgan fingerprint density at radius 3 is 2.80 bits per heavy atom. The van der Waals surface area contributed by atoms with Crippen molar-refractivity contribution >= 4 is 22.9 Å². The molecule has 1 aromatic heterocycles. The predicted octanol–water partition coefficient (Wildman–Crippen LogP) is 2.93. The van der Waals surface area contributed by atoms with E-state index in [1.54, 1.807) is 6.07 Å². The van der Waals surface area contributed by atoms with Gasteiger partial charge in [0.25, 0.3) is 5.91 Å². The minimum atomic E-state index is -0.109. The number of hydrogen-bond acceptors (Lipinski definition) is 3. The second-order valence-electron chi connectivity index (χ2n) is 4.44. The lowest BCUT2D eigenvalue weighted by molar-refractivity contribution is 0.103.